The fourth-order valence-electron chi connectivity index (χ4n) is 2.63. The van der Waals surface area contributed by atoms with Gasteiger partial charge in [-0.05, 0) is 25.1 Å². The number of thioether (sulfide) groups is 1. The van der Waals surface area contributed by atoms with Crippen LogP contribution in [0.15, 0.2) is 65.8 Å². The van der Waals surface area contributed by atoms with Crippen LogP contribution in [0.3, 0.4) is 0 Å². The lowest BCUT2D eigenvalue weighted by Gasteiger charge is -2.11. The summed E-state index contributed by atoms with van der Waals surface area (Å²) in [4.78, 5) is 21.1. The Kier molecular flexibility index (Phi) is 7.47. The average molecular weight is 410 g/mol. The molecular weight excluding hydrogens is 386 g/mol. The van der Waals surface area contributed by atoms with Crippen LogP contribution in [-0.2, 0) is 4.79 Å². The summed E-state index contributed by atoms with van der Waals surface area (Å²) in [5.74, 6) is 1.47. The van der Waals surface area contributed by atoms with Gasteiger partial charge in [-0.3, -0.25) is 4.79 Å². The van der Waals surface area contributed by atoms with E-state index in [-0.39, 0.29) is 11.7 Å². The molecule has 1 amide bonds. The third-order valence-corrected chi connectivity index (χ3v) is 4.83. The molecule has 0 spiro atoms. The van der Waals surface area contributed by atoms with Crippen molar-refractivity contribution in [2.45, 2.75) is 12.1 Å². The van der Waals surface area contributed by atoms with E-state index >= 15 is 0 Å². The van der Waals surface area contributed by atoms with Crippen molar-refractivity contribution in [1.29, 1.82) is 0 Å². The molecular formula is C22H23N3O3S. The standard InChI is InChI=1S/C22H23N3O3S/c1-16-14-18(17-8-4-3-5-9-17)25-22(24-16)29-15-21(26)23-12-13-28-20-11-7-6-10-19(20)27-2/h3-11,14H,12-13,15H2,1-2H3,(H,23,26). The highest BCUT2D eigenvalue weighted by Crippen LogP contribution is 2.25. The van der Waals surface area contributed by atoms with E-state index < -0.39 is 0 Å². The van der Waals surface area contributed by atoms with E-state index in [1.807, 2.05) is 67.6 Å². The number of ether oxygens (including phenoxy) is 2. The summed E-state index contributed by atoms with van der Waals surface area (Å²) in [6, 6.07) is 19.3. The van der Waals surface area contributed by atoms with Gasteiger partial charge in [-0.15, -0.1) is 0 Å². The van der Waals surface area contributed by atoms with Gasteiger partial charge in [-0.1, -0.05) is 54.2 Å². The molecule has 0 saturated heterocycles. The molecule has 0 radical (unpaired) electrons. The number of rotatable bonds is 9. The summed E-state index contributed by atoms with van der Waals surface area (Å²) in [6.07, 6.45) is 0. The number of aromatic nitrogens is 2. The monoisotopic (exact) mass is 409 g/mol. The maximum absolute atomic E-state index is 12.1. The van der Waals surface area contributed by atoms with Crippen LogP contribution in [0.25, 0.3) is 11.3 Å². The molecule has 6 nitrogen and oxygen atoms in total. The van der Waals surface area contributed by atoms with Crippen LogP contribution in [0.2, 0.25) is 0 Å². The van der Waals surface area contributed by atoms with E-state index in [0.717, 1.165) is 17.0 Å². The number of carbonyl (C=O) groups excluding carboxylic acids is 1. The third kappa shape index (κ3) is 6.22. The molecule has 3 rings (SSSR count). The highest BCUT2D eigenvalue weighted by Gasteiger charge is 2.09. The van der Waals surface area contributed by atoms with Crippen LogP contribution in [-0.4, -0.2) is 41.9 Å². The fraction of sp³-hybridized carbons (Fsp3) is 0.227. The van der Waals surface area contributed by atoms with Crippen molar-refractivity contribution in [1.82, 2.24) is 15.3 Å². The van der Waals surface area contributed by atoms with Crippen LogP contribution >= 0.6 is 11.8 Å². The Morgan fingerprint density at radius 3 is 2.52 bits per heavy atom. The summed E-state index contributed by atoms with van der Waals surface area (Å²) < 4.78 is 10.9. The van der Waals surface area contributed by atoms with E-state index in [0.29, 0.717) is 29.8 Å². The van der Waals surface area contributed by atoms with Gasteiger partial charge in [0.15, 0.2) is 16.7 Å². The van der Waals surface area contributed by atoms with Gasteiger partial charge in [0.05, 0.1) is 25.1 Å². The lowest BCUT2D eigenvalue weighted by Crippen LogP contribution is -2.29. The predicted octanol–water partition coefficient (Wildman–Crippen LogP) is 3.75. The van der Waals surface area contributed by atoms with Crippen LogP contribution in [0.4, 0.5) is 0 Å². The molecule has 29 heavy (non-hydrogen) atoms. The SMILES string of the molecule is COc1ccccc1OCCNC(=O)CSc1nc(C)cc(-c2ccccc2)n1. The van der Waals surface area contributed by atoms with E-state index in [9.17, 15) is 4.79 Å². The van der Waals surface area contributed by atoms with Gasteiger partial charge < -0.3 is 14.8 Å². The van der Waals surface area contributed by atoms with Crippen molar-refractivity contribution in [3.63, 3.8) is 0 Å². The van der Waals surface area contributed by atoms with E-state index in [4.69, 9.17) is 9.47 Å². The maximum Gasteiger partial charge on any atom is 0.230 e. The fourth-order valence-corrected chi connectivity index (χ4v) is 3.37. The normalized spacial score (nSPS) is 10.4. The molecule has 1 aromatic heterocycles. The number of nitrogens with zero attached hydrogens (tertiary/aromatic N) is 2. The summed E-state index contributed by atoms with van der Waals surface area (Å²) in [5, 5.41) is 3.43. The molecule has 0 fully saturated rings. The largest absolute Gasteiger partial charge is 0.493 e. The minimum Gasteiger partial charge on any atom is -0.493 e. The summed E-state index contributed by atoms with van der Waals surface area (Å²) >= 11 is 1.32. The topological polar surface area (TPSA) is 73.3 Å². The molecule has 2 aromatic carbocycles. The van der Waals surface area contributed by atoms with Gasteiger partial charge in [-0.2, -0.15) is 0 Å². The number of aryl methyl sites for hydroxylation is 1. The molecule has 0 saturated carbocycles. The van der Waals surface area contributed by atoms with Crippen LogP contribution in [0, 0.1) is 6.92 Å². The van der Waals surface area contributed by atoms with Crippen molar-refractivity contribution in [2.75, 3.05) is 26.0 Å². The van der Waals surface area contributed by atoms with E-state index in [1.165, 1.54) is 11.8 Å². The van der Waals surface area contributed by atoms with Crippen LogP contribution in [0.1, 0.15) is 5.69 Å². The summed E-state index contributed by atoms with van der Waals surface area (Å²) in [7, 11) is 1.60. The summed E-state index contributed by atoms with van der Waals surface area (Å²) in [6.45, 7) is 2.69. The second-order valence-corrected chi connectivity index (χ2v) is 7.12. The Morgan fingerprint density at radius 2 is 1.76 bits per heavy atom. The molecule has 0 atom stereocenters. The number of benzene rings is 2. The van der Waals surface area contributed by atoms with E-state index in [1.54, 1.807) is 7.11 Å². The van der Waals surface area contributed by atoms with Crippen molar-refractivity contribution < 1.29 is 14.3 Å². The van der Waals surface area contributed by atoms with Gasteiger partial charge in [-0.25, -0.2) is 9.97 Å². The molecule has 1 N–H and O–H groups in total. The number of amides is 1. The minimum absolute atomic E-state index is 0.0926. The predicted molar refractivity (Wildman–Crippen MR) is 114 cm³/mol. The van der Waals surface area contributed by atoms with Crippen LogP contribution in [0.5, 0.6) is 11.5 Å². The Hall–Kier alpha value is -3.06. The molecule has 0 bridgehead atoms. The first kappa shape index (κ1) is 20.7. The van der Waals surface area contributed by atoms with Gasteiger partial charge >= 0.3 is 0 Å². The Bertz CT molecular complexity index is 951. The highest BCUT2D eigenvalue weighted by molar-refractivity contribution is 7.99. The minimum atomic E-state index is -0.0926. The maximum atomic E-state index is 12.1. The second kappa shape index (κ2) is 10.5. The highest BCUT2D eigenvalue weighted by atomic mass is 32.2. The Balaban J connectivity index is 1.46. The number of methoxy groups -OCH3 is 1. The average Bonchev–Trinajstić information content (AvgIpc) is 2.76. The van der Waals surface area contributed by atoms with Crippen molar-refractivity contribution in [3.05, 3.63) is 66.4 Å². The van der Waals surface area contributed by atoms with Gasteiger partial charge in [0, 0.05) is 11.3 Å². The first-order chi connectivity index (χ1) is 14.2. The molecule has 3 aromatic rings. The molecule has 150 valence electrons. The zero-order valence-corrected chi connectivity index (χ0v) is 17.2. The van der Waals surface area contributed by atoms with Crippen molar-refractivity contribution in [2.24, 2.45) is 0 Å². The number of para-hydroxylation sites is 2. The summed E-state index contributed by atoms with van der Waals surface area (Å²) in [5.41, 5.74) is 2.75. The Morgan fingerprint density at radius 1 is 1.03 bits per heavy atom. The van der Waals surface area contributed by atoms with Gasteiger partial charge in [0.2, 0.25) is 5.91 Å². The first-order valence-corrected chi connectivity index (χ1v) is 10.2. The molecule has 1 heterocycles. The lowest BCUT2D eigenvalue weighted by atomic mass is 10.1. The van der Waals surface area contributed by atoms with Crippen molar-refractivity contribution in [3.8, 4) is 22.8 Å². The zero-order valence-electron chi connectivity index (χ0n) is 16.4. The third-order valence-electron chi connectivity index (χ3n) is 3.99. The van der Waals surface area contributed by atoms with Crippen LogP contribution < -0.4 is 14.8 Å². The number of hydrogen-bond donors (Lipinski definition) is 1. The lowest BCUT2D eigenvalue weighted by molar-refractivity contribution is -0.118. The molecule has 0 aliphatic carbocycles. The van der Waals surface area contributed by atoms with Crippen molar-refractivity contribution >= 4 is 17.7 Å². The molecule has 0 aliphatic rings. The molecule has 0 unspecified atom stereocenters. The second-order valence-electron chi connectivity index (χ2n) is 6.18. The van der Waals surface area contributed by atoms with Gasteiger partial charge in [0.25, 0.3) is 0 Å². The smallest absolute Gasteiger partial charge is 0.230 e. The number of nitrogens with one attached hydrogen (secondary N) is 1. The molecule has 0 aliphatic heterocycles. The quantitative estimate of drug-likeness (QED) is 0.330. The number of carbonyl (C=O) groups is 1. The van der Waals surface area contributed by atoms with Gasteiger partial charge in [0.1, 0.15) is 6.61 Å². The Labute approximate surface area is 174 Å². The molecule has 7 heteroatoms. The first-order valence-electron chi connectivity index (χ1n) is 9.22. The number of hydrogen-bond acceptors (Lipinski definition) is 6. The zero-order chi connectivity index (χ0) is 20.5. The van der Waals surface area contributed by atoms with E-state index in [2.05, 4.69) is 15.3 Å².